The fourth-order valence-electron chi connectivity index (χ4n) is 3.22. The van der Waals surface area contributed by atoms with Crippen LogP contribution in [0.15, 0.2) is 41.9 Å². The van der Waals surface area contributed by atoms with Crippen LogP contribution in [0.4, 0.5) is 0 Å². The molecule has 3 atom stereocenters. The molecule has 0 unspecified atom stereocenters. The number of ether oxygens (including phenoxy) is 2. The van der Waals surface area contributed by atoms with Crippen LogP contribution in [0.1, 0.15) is 38.4 Å². The Balaban J connectivity index is 1.97. The highest BCUT2D eigenvalue weighted by atomic mass is 16.7. The maximum absolute atomic E-state index is 12.8. The molecule has 0 saturated carbocycles. The first kappa shape index (κ1) is 14.9. The van der Waals surface area contributed by atoms with Gasteiger partial charge in [0.2, 0.25) is 0 Å². The van der Waals surface area contributed by atoms with Gasteiger partial charge < -0.3 is 14.4 Å². The molecule has 0 saturated heterocycles. The van der Waals surface area contributed by atoms with Crippen LogP contribution < -0.4 is 0 Å². The van der Waals surface area contributed by atoms with Crippen LogP contribution >= 0.6 is 0 Å². The van der Waals surface area contributed by atoms with Crippen molar-refractivity contribution in [1.82, 2.24) is 4.90 Å². The monoisotopic (exact) mass is 301 g/mol. The molecule has 1 aromatic carbocycles. The molecule has 2 aliphatic heterocycles. The quantitative estimate of drug-likeness (QED) is 0.860. The normalized spacial score (nSPS) is 28.0. The molecule has 4 nitrogen and oxygen atoms in total. The van der Waals surface area contributed by atoms with Crippen LogP contribution in [-0.4, -0.2) is 30.5 Å². The predicted octanol–water partition coefficient (Wildman–Crippen LogP) is 3.26. The van der Waals surface area contributed by atoms with Crippen LogP contribution in [0.3, 0.4) is 0 Å². The number of likely N-dealkylation sites (N-methyl/N-ethyl adjacent to an activating group) is 1. The van der Waals surface area contributed by atoms with Crippen molar-refractivity contribution in [3.05, 3.63) is 47.4 Å². The van der Waals surface area contributed by atoms with Crippen LogP contribution in [-0.2, 0) is 14.3 Å². The van der Waals surface area contributed by atoms with Gasteiger partial charge in [0, 0.05) is 13.0 Å². The standard InChI is InChI=1S/C18H23NO3/c1-4-8-14-11-21-18-15(14)17(20)19(3)12(2)16(22-18)13-9-6-5-7-10-13/h5-7,9-10,12,14,16H,4,8,11H2,1-3H3/t12-,14-,16-/m0/s1. The Morgan fingerprint density at radius 2 is 2.00 bits per heavy atom. The van der Waals surface area contributed by atoms with Crippen molar-refractivity contribution in [2.45, 2.75) is 38.8 Å². The second-order valence-corrected chi connectivity index (χ2v) is 6.10. The van der Waals surface area contributed by atoms with Gasteiger partial charge in [-0.3, -0.25) is 4.79 Å². The summed E-state index contributed by atoms with van der Waals surface area (Å²) >= 11 is 0. The number of amides is 1. The molecule has 1 aromatic rings. The largest absolute Gasteiger partial charge is 0.464 e. The highest BCUT2D eigenvalue weighted by molar-refractivity contribution is 5.95. The van der Waals surface area contributed by atoms with Crippen molar-refractivity contribution in [3.8, 4) is 0 Å². The van der Waals surface area contributed by atoms with Gasteiger partial charge in [-0.1, -0.05) is 43.7 Å². The van der Waals surface area contributed by atoms with Crippen molar-refractivity contribution in [2.24, 2.45) is 5.92 Å². The third-order valence-electron chi connectivity index (χ3n) is 4.64. The molecule has 0 spiro atoms. The average Bonchev–Trinajstić information content (AvgIpc) is 2.90. The Morgan fingerprint density at radius 3 is 2.68 bits per heavy atom. The summed E-state index contributed by atoms with van der Waals surface area (Å²) in [5.74, 6) is 0.627. The van der Waals surface area contributed by atoms with E-state index in [-0.39, 0.29) is 24.0 Å². The number of hydrogen-bond donors (Lipinski definition) is 0. The third kappa shape index (κ3) is 2.47. The van der Waals surface area contributed by atoms with Gasteiger partial charge >= 0.3 is 0 Å². The molecule has 22 heavy (non-hydrogen) atoms. The van der Waals surface area contributed by atoms with E-state index in [9.17, 15) is 4.79 Å². The second kappa shape index (κ2) is 6.03. The summed E-state index contributed by atoms with van der Waals surface area (Å²) in [7, 11) is 1.85. The zero-order valence-electron chi connectivity index (χ0n) is 13.4. The zero-order valence-corrected chi connectivity index (χ0v) is 13.4. The molecule has 4 heteroatoms. The lowest BCUT2D eigenvalue weighted by atomic mass is 9.95. The van der Waals surface area contributed by atoms with E-state index in [1.165, 1.54) is 0 Å². The van der Waals surface area contributed by atoms with E-state index in [1.807, 2.05) is 44.3 Å². The van der Waals surface area contributed by atoms with E-state index in [0.717, 1.165) is 24.0 Å². The van der Waals surface area contributed by atoms with E-state index >= 15 is 0 Å². The number of carbonyl (C=O) groups excluding carboxylic acids is 1. The van der Waals surface area contributed by atoms with E-state index in [4.69, 9.17) is 9.47 Å². The van der Waals surface area contributed by atoms with Gasteiger partial charge in [-0.15, -0.1) is 0 Å². The topological polar surface area (TPSA) is 38.8 Å². The first-order chi connectivity index (χ1) is 10.6. The zero-order chi connectivity index (χ0) is 15.7. The van der Waals surface area contributed by atoms with E-state index in [1.54, 1.807) is 4.90 Å². The highest BCUT2D eigenvalue weighted by Gasteiger charge is 2.42. The van der Waals surface area contributed by atoms with Crippen LogP contribution in [0, 0.1) is 5.92 Å². The minimum atomic E-state index is -0.206. The summed E-state index contributed by atoms with van der Waals surface area (Å²) in [6, 6.07) is 9.97. The van der Waals surface area contributed by atoms with Crippen LogP contribution in [0.5, 0.6) is 0 Å². The minimum absolute atomic E-state index is 0.0388. The molecule has 3 rings (SSSR count). The van der Waals surface area contributed by atoms with Gasteiger partial charge in [-0.2, -0.15) is 0 Å². The van der Waals surface area contributed by atoms with Crippen molar-refractivity contribution < 1.29 is 14.3 Å². The van der Waals surface area contributed by atoms with E-state index in [2.05, 4.69) is 6.92 Å². The Morgan fingerprint density at radius 1 is 1.27 bits per heavy atom. The Bertz CT molecular complexity index is 581. The first-order valence-electron chi connectivity index (χ1n) is 7.99. The van der Waals surface area contributed by atoms with Crippen molar-refractivity contribution in [3.63, 3.8) is 0 Å². The van der Waals surface area contributed by atoms with E-state index in [0.29, 0.717) is 12.6 Å². The number of carbonyl (C=O) groups is 1. The molecule has 0 aromatic heterocycles. The molecule has 2 heterocycles. The lowest BCUT2D eigenvalue weighted by Crippen LogP contribution is -2.39. The second-order valence-electron chi connectivity index (χ2n) is 6.10. The van der Waals surface area contributed by atoms with Gasteiger partial charge in [0.1, 0.15) is 11.7 Å². The maximum Gasteiger partial charge on any atom is 0.289 e. The van der Waals surface area contributed by atoms with Gasteiger partial charge in [0.05, 0.1) is 12.6 Å². The summed E-state index contributed by atoms with van der Waals surface area (Å²) in [4.78, 5) is 14.6. The van der Waals surface area contributed by atoms with E-state index < -0.39 is 0 Å². The van der Waals surface area contributed by atoms with Crippen LogP contribution in [0.25, 0.3) is 0 Å². The predicted molar refractivity (Wildman–Crippen MR) is 83.9 cm³/mol. The number of rotatable bonds is 3. The molecule has 2 aliphatic rings. The van der Waals surface area contributed by atoms with Gasteiger partial charge in [-0.25, -0.2) is 0 Å². The number of benzene rings is 1. The molecular formula is C18H23NO3. The number of hydrogen-bond acceptors (Lipinski definition) is 3. The van der Waals surface area contributed by atoms with Gasteiger partial charge in [-0.05, 0) is 18.9 Å². The molecule has 1 amide bonds. The summed E-state index contributed by atoms with van der Waals surface area (Å²) in [6.07, 6.45) is 1.77. The lowest BCUT2D eigenvalue weighted by molar-refractivity contribution is -0.129. The Labute approximate surface area is 131 Å². The minimum Gasteiger partial charge on any atom is -0.464 e. The van der Waals surface area contributed by atoms with Crippen molar-refractivity contribution in [1.29, 1.82) is 0 Å². The molecular weight excluding hydrogens is 278 g/mol. The molecule has 0 fully saturated rings. The highest BCUT2D eigenvalue weighted by Crippen LogP contribution is 2.39. The Hall–Kier alpha value is -1.97. The fraction of sp³-hybridized carbons (Fsp3) is 0.500. The number of nitrogens with zero attached hydrogens (tertiary/aromatic N) is 1. The SMILES string of the molecule is CCC[C@H]1COC2=C1C(=O)N(C)[C@@H](C)[C@@H](c1ccccc1)O2. The summed E-state index contributed by atoms with van der Waals surface area (Å²) in [6.45, 7) is 4.69. The summed E-state index contributed by atoms with van der Waals surface area (Å²) < 4.78 is 11.9. The lowest BCUT2D eigenvalue weighted by Gasteiger charge is -2.30. The smallest absolute Gasteiger partial charge is 0.289 e. The van der Waals surface area contributed by atoms with Crippen molar-refractivity contribution >= 4 is 5.91 Å². The average molecular weight is 301 g/mol. The molecule has 0 bridgehead atoms. The maximum atomic E-state index is 12.8. The third-order valence-corrected chi connectivity index (χ3v) is 4.64. The molecule has 0 radical (unpaired) electrons. The van der Waals surface area contributed by atoms with Gasteiger partial charge in [0.25, 0.3) is 11.9 Å². The van der Waals surface area contributed by atoms with Crippen LogP contribution in [0.2, 0.25) is 0 Å². The summed E-state index contributed by atoms with van der Waals surface area (Å²) in [5.41, 5.74) is 1.78. The van der Waals surface area contributed by atoms with Gasteiger partial charge in [0.15, 0.2) is 0 Å². The molecule has 118 valence electrons. The first-order valence-corrected chi connectivity index (χ1v) is 7.99. The molecule has 0 aliphatic carbocycles. The van der Waals surface area contributed by atoms with Crippen molar-refractivity contribution in [2.75, 3.05) is 13.7 Å². The summed E-state index contributed by atoms with van der Waals surface area (Å²) in [5, 5.41) is 0. The Kier molecular flexibility index (Phi) is 4.10. The molecule has 0 N–H and O–H groups in total. The fourth-order valence-corrected chi connectivity index (χ4v) is 3.22.